The zero-order valence-electron chi connectivity index (χ0n) is 15.7. The van der Waals surface area contributed by atoms with Crippen LogP contribution in [0.1, 0.15) is 21.5 Å². The molecule has 27 heavy (non-hydrogen) atoms. The van der Waals surface area contributed by atoms with Crippen LogP contribution in [0.25, 0.3) is 0 Å². The Labute approximate surface area is 159 Å². The molecule has 0 unspecified atom stereocenters. The van der Waals surface area contributed by atoms with Crippen molar-refractivity contribution < 1.29 is 18.0 Å². The zero-order valence-corrected chi connectivity index (χ0v) is 16.6. The average Bonchev–Trinajstić information content (AvgIpc) is 2.62. The molecule has 2 rings (SSSR count). The molecule has 0 aliphatic rings. The maximum absolute atomic E-state index is 12.3. The van der Waals surface area contributed by atoms with Crippen molar-refractivity contribution in [1.29, 1.82) is 0 Å². The molecule has 0 aliphatic carbocycles. The number of sulfonamides is 1. The molecule has 2 amide bonds. The van der Waals surface area contributed by atoms with Gasteiger partial charge in [0.05, 0.1) is 11.4 Å². The fourth-order valence-electron chi connectivity index (χ4n) is 2.42. The van der Waals surface area contributed by atoms with E-state index < -0.39 is 15.9 Å². The maximum atomic E-state index is 12.3. The number of nitrogens with zero attached hydrogens (tertiary/aromatic N) is 1. The maximum Gasteiger partial charge on any atom is 0.251 e. The Morgan fingerprint density at radius 3 is 2.37 bits per heavy atom. The molecule has 2 aromatic carbocycles. The number of carbonyl (C=O) groups is 2. The normalized spacial score (nSPS) is 11.3. The van der Waals surface area contributed by atoms with Crippen LogP contribution in [0.2, 0.25) is 0 Å². The van der Waals surface area contributed by atoms with E-state index in [1.807, 2.05) is 26.0 Å². The zero-order chi connectivity index (χ0) is 20.2. The highest BCUT2D eigenvalue weighted by Crippen LogP contribution is 2.16. The predicted molar refractivity (Wildman–Crippen MR) is 104 cm³/mol. The lowest BCUT2D eigenvalue weighted by atomic mass is 10.1. The summed E-state index contributed by atoms with van der Waals surface area (Å²) in [7, 11) is -0.807. The van der Waals surface area contributed by atoms with Gasteiger partial charge in [-0.1, -0.05) is 23.8 Å². The monoisotopic (exact) mass is 389 g/mol. The predicted octanol–water partition coefficient (Wildman–Crippen LogP) is 1.92. The van der Waals surface area contributed by atoms with Gasteiger partial charge in [0.15, 0.2) is 0 Å². The first kappa shape index (κ1) is 20.6. The molecule has 0 heterocycles. The highest BCUT2D eigenvalue weighted by molar-refractivity contribution is 7.89. The highest BCUT2D eigenvalue weighted by atomic mass is 32.2. The largest absolute Gasteiger partial charge is 0.343 e. The second-order valence-corrected chi connectivity index (χ2v) is 8.52. The summed E-state index contributed by atoms with van der Waals surface area (Å²) in [5.74, 6) is -0.894. The van der Waals surface area contributed by atoms with Gasteiger partial charge in [0.2, 0.25) is 15.9 Å². The van der Waals surface area contributed by atoms with Gasteiger partial charge in [0.1, 0.15) is 0 Å². The lowest BCUT2D eigenvalue weighted by Crippen LogP contribution is -2.33. The number of anilines is 1. The number of carbonyl (C=O) groups excluding carboxylic acids is 2. The quantitative estimate of drug-likeness (QED) is 0.789. The minimum Gasteiger partial charge on any atom is -0.343 e. The molecule has 0 aliphatic heterocycles. The highest BCUT2D eigenvalue weighted by Gasteiger charge is 2.19. The van der Waals surface area contributed by atoms with Crippen LogP contribution in [0, 0.1) is 13.8 Å². The third-order valence-corrected chi connectivity index (χ3v) is 5.75. The first-order valence-corrected chi connectivity index (χ1v) is 9.73. The van der Waals surface area contributed by atoms with Crippen LogP contribution in [0.3, 0.4) is 0 Å². The van der Waals surface area contributed by atoms with E-state index in [1.165, 1.54) is 38.4 Å². The number of nitrogens with one attached hydrogen (secondary N) is 2. The summed E-state index contributed by atoms with van der Waals surface area (Å²) in [6, 6.07) is 11.3. The van der Waals surface area contributed by atoms with Crippen LogP contribution >= 0.6 is 0 Å². The molecule has 0 aromatic heterocycles. The Balaban J connectivity index is 2.02. The summed E-state index contributed by atoms with van der Waals surface area (Å²) >= 11 is 0. The van der Waals surface area contributed by atoms with Gasteiger partial charge < -0.3 is 10.6 Å². The molecule has 144 valence electrons. The Kier molecular flexibility index (Phi) is 6.35. The minimum absolute atomic E-state index is 0.0138. The molecule has 0 radical (unpaired) electrons. The average molecular weight is 389 g/mol. The molecular formula is C19H23N3O4S. The van der Waals surface area contributed by atoms with Crippen molar-refractivity contribution in [2.75, 3.05) is 26.0 Å². The van der Waals surface area contributed by atoms with Crippen molar-refractivity contribution in [3.63, 3.8) is 0 Å². The summed E-state index contributed by atoms with van der Waals surface area (Å²) in [5.41, 5.74) is 2.86. The van der Waals surface area contributed by atoms with Crippen molar-refractivity contribution in [1.82, 2.24) is 9.62 Å². The van der Waals surface area contributed by atoms with Crippen LogP contribution in [0.15, 0.2) is 47.4 Å². The van der Waals surface area contributed by atoms with Gasteiger partial charge in [0.25, 0.3) is 5.91 Å². The van der Waals surface area contributed by atoms with E-state index in [0.717, 1.165) is 15.4 Å². The van der Waals surface area contributed by atoms with E-state index in [4.69, 9.17) is 0 Å². The summed E-state index contributed by atoms with van der Waals surface area (Å²) in [6.45, 7) is 3.62. The number of hydrogen-bond acceptors (Lipinski definition) is 4. The molecule has 0 fully saturated rings. The van der Waals surface area contributed by atoms with Gasteiger partial charge in [-0.3, -0.25) is 9.59 Å². The number of benzene rings is 2. The second kappa shape index (κ2) is 8.32. The number of rotatable bonds is 6. The standard InChI is InChI=1S/C19H23N3O4S/c1-13-8-9-17(14(2)10-13)21-18(23)12-20-19(24)15-6-5-7-16(11-15)27(25,26)22(3)4/h5-11H,12H2,1-4H3,(H,20,24)(H,21,23). The Morgan fingerprint density at radius 2 is 1.74 bits per heavy atom. The molecule has 2 N–H and O–H groups in total. The molecular weight excluding hydrogens is 366 g/mol. The van der Waals surface area contributed by atoms with E-state index in [9.17, 15) is 18.0 Å². The molecule has 0 atom stereocenters. The molecule has 2 aromatic rings. The fourth-order valence-corrected chi connectivity index (χ4v) is 3.37. The first-order chi connectivity index (χ1) is 12.6. The minimum atomic E-state index is -3.64. The smallest absolute Gasteiger partial charge is 0.251 e. The fraction of sp³-hybridized carbons (Fsp3) is 0.263. The van der Waals surface area contributed by atoms with Crippen LogP contribution < -0.4 is 10.6 Å². The number of aryl methyl sites for hydroxylation is 2. The molecule has 0 saturated heterocycles. The molecule has 0 bridgehead atoms. The summed E-state index contributed by atoms with van der Waals surface area (Å²) in [6.07, 6.45) is 0. The van der Waals surface area contributed by atoms with Crippen molar-refractivity contribution in [3.05, 3.63) is 59.2 Å². The topological polar surface area (TPSA) is 95.6 Å². The van der Waals surface area contributed by atoms with Gasteiger partial charge >= 0.3 is 0 Å². The summed E-state index contributed by atoms with van der Waals surface area (Å²) < 4.78 is 25.4. The summed E-state index contributed by atoms with van der Waals surface area (Å²) in [4.78, 5) is 24.3. The number of hydrogen-bond donors (Lipinski definition) is 2. The first-order valence-electron chi connectivity index (χ1n) is 8.29. The second-order valence-electron chi connectivity index (χ2n) is 6.36. The Hall–Kier alpha value is -2.71. The lowest BCUT2D eigenvalue weighted by molar-refractivity contribution is -0.115. The Bertz CT molecular complexity index is 969. The van der Waals surface area contributed by atoms with E-state index in [-0.39, 0.29) is 22.9 Å². The van der Waals surface area contributed by atoms with Gasteiger partial charge in [-0.05, 0) is 43.7 Å². The van der Waals surface area contributed by atoms with Crippen molar-refractivity contribution in [2.24, 2.45) is 0 Å². The SMILES string of the molecule is Cc1ccc(NC(=O)CNC(=O)c2cccc(S(=O)(=O)N(C)C)c2)c(C)c1. The van der Waals surface area contributed by atoms with Crippen LogP contribution in [0.5, 0.6) is 0 Å². The van der Waals surface area contributed by atoms with E-state index >= 15 is 0 Å². The third kappa shape index (κ3) is 5.15. The molecule has 7 nitrogen and oxygen atoms in total. The van der Waals surface area contributed by atoms with Gasteiger partial charge in [-0.2, -0.15) is 0 Å². The van der Waals surface area contributed by atoms with E-state index in [0.29, 0.717) is 5.69 Å². The Morgan fingerprint density at radius 1 is 1.04 bits per heavy atom. The van der Waals surface area contributed by atoms with Crippen molar-refractivity contribution >= 4 is 27.5 Å². The van der Waals surface area contributed by atoms with Crippen molar-refractivity contribution in [2.45, 2.75) is 18.7 Å². The van der Waals surface area contributed by atoms with Crippen molar-refractivity contribution in [3.8, 4) is 0 Å². The summed E-state index contributed by atoms with van der Waals surface area (Å²) in [5, 5.41) is 5.24. The van der Waals surface area contributed by atoms with Crippen LogP contribution in [-0.4, -0.2) is 45.2 Å². The lowest BCUT2D eigenvalue weighted by Gasteiger charge is -2.12. The van der Waals surface area contributed by atoms with Gasteiger partial charge in [-0.15, -0.1) is 0 Å². The molecule has 0 saturated carbocycles. The van der Waals surface area contributed by atoms with E-state index in [1.54, 1.807) is 6.07 Å². The van der Waals surface area contributed by atoms with Crippen LogP contribution in [0.4, 0.5) is 5.69 Å². The number of amides is 2. The van der Waals surface area contributed by atoms with Gasteiger partial charge in [0, 0.05) is 25.3 Å². The molecule has 8 heteroatoms. The van der Waals surface area contributed by atoms with Crippen LogP contribution in [-0.2, 0) is 14.8 Å². The van der Waals surface area contributed by atoms with E-state index in [2.05, 4.69) is 10.6 Å². The third-order valence-electron chi connectivity index (χ3n) is 3.94. The van der Waals surface area contributed by atoms with Gasteiger partial charge in [-0.25, -0.2) is 12.7 Å². The molecule has 0 spiro atoms.